The third-order valence-corrected chi connectivity index (χ3v) is 3.92. The molecule has 1 aliphatic heterocycles. The Balaban J connectivity index is 2.51. The summed E-state index contributed by atoms with van der Waals surface area (Å²) in [6.45, 7) is 8.46. The van der Waals surface area contributed by atoms with Crippen LogP contribution in [-0.2, 0) is 0 Å². The highest BCUT2D eigenvalue weighted by Gasteiger charge is 2.30. The predicted molar refractivity (Wildman–Crippen MR) is 77.1 cm³/mol. The van der Waals surface area contributed by atoms with Crippen molar-refractivity contribution in [2.24, 2.45) is 5.41 Å². The molecule has 0 aliphatic carbocycles. The minimum absolute atomic E-state index is 0.00750. The minimum atomic E-state index is -0.371. The van der Waals surface area contributed by atoms with Crippen LogP contribution in [0.4, 0.5) is 4.79 Å². The number of aliphatic hydroxyl groups is 1. The molecule has 2 amide bonds. The second-order valence-corrected chi connectivity index (χ2v) is 6.64. The first kappa shape index (κ1) is 16.2. The van der Waals surface area contributed by atoms with Crippen molar-refractivity contribution in [2.45, 2.75) is 45.8 Å². The van der Waals surface area contributed by atoms with Crippen LogP contribution >= 0.6 is 0 Å². The first-order valence-electron chi connectivity index (χ1n) is 7.10. The molecule has 5 nitrogen and oxygen atoms in total. The van der Waals surface area contributed by atoms with Crippen molar-refractivity contribution in [3.63, 3.8) is 0 Å². The first-order valence-corrected chi connectivity index (χ1v) is 7.10. The summed E-state index contributed by atoms with van der Waals surface area (Å²) in [5.74, 6) is 0. The van der Waals surface area contributed by atoms with E-state index in [4.69, 9.17) is 0 Å². The summed E-state index contributed by atoms with van der Waals surface area (Å²) in [5.41, 5.74) is 0.00750. The molecule has 112 valence electrons. The number of likely N-dealkylation sites (tertiary alicyclic amines) is 1. The van der Waals surface area contributed by atoms with Crippen molar-refractivity contribution in [3.8, 4) is 0 Å². The van der Waals surface area contributed by atoms with Crippen molar-refractivity contribution in [3.05, 3.63) is 0 Å². The summed E-state index contributed by atoms with van der Waals surface area (Å²) < 4.78 is 0. The van der Waals surface area contributed by atoms with E-state index >= 15 is 0 Å². The van der Waals surface area contributed by atoms with E-state index in [9.17, 15) is 9.90 Å². The fraction of sp³-hybridized carbons (Fsp3) is 0.929. The van der Waals surface area contributed by atoms with Crippen LogP contribution < -0.4 is 5.32 Å². The highest BCUT2D eigenvalue weighted by atomic mass is 16.3. The summed E-state index contributed by atoms with van der Waals surface area (Å²) in [7, 11) is 4.08. The Morgan fingerprint density at radius 3 is 2.68 bits per heavy atom. The molecule has 0 aromatic rings. The summed E-state index contributed by atoms with van der Waals surface area (Å²) >= 11 is 0. The molecule has 1 aliphatic rings. The topological polar surface area (TPSA) is 55.8 Å². The van der Waals surface area contributed by atoms with Gasteiger partial charge in [0, 0.05) is 25.7 Å². The van der Waals surface area contributed by atoms with Gasteiger partial charge in [-0.15, -0.1) is 0 Å². The van der Waals surface area contributed by atoms with Gasteiger partial charge in [0.15, 0.2) is 0 Å². The molecule has 1 rings (SSSR count). The van der Waals surface area contributed by atoms with Gasteiger partial charge >= 0.3 is 6.03 Å². The van der Waals surface area contributed by atoms with Gasteiger partial charge in [0.1, 0.15) is 0 Å². The van der Waals surface area contributed by atoms with Crippen molar-refractivity contribution in [1.82, 2.24) is 15.1 Å². The van der Waals surface area contributed by atoms with E-state index in [0.717, 1.165) is 25.9 Å². The number of nitrogens with one attached hydrogen (secondary N) is 1. The predicted octanol–water partition coefficient (Wildman–Crippen LogP) is 1.13. The van der Waals surface area contributed by atoms with Gasteiger partial charge in [-0.1, -0.05) is 13.8 Å². The average molecular weight is 271 g/mol. The van der Waals surface area contributed by atoms with E-state index in [-0.39, 0.29) is 23.6 Å². The average Bonchev–Trinajstić information content (AvgIpc) is 2.27. The van der Waals surface area contributed by atoms with E-state index in [1.165, 1.54) is 0 Å². The number of β-amino-alcohol motifs (C(OH)–C–C–N with tert-alkyl or cyclic N) is 1. The molecule has 0 saturated carbocycles. The standard InChI is InChI=1S/C14H29N3O2/c1-11(14(2,3)10-16(4)5)15-13(19)17-8-6-7-12(18)9-17/h11-12,18H,6-10H2,1-5H3,(H,15,19). The molecule has 1 heterocycles. The normalized spacial score (nSPS) is 22.5. The maximum Gasteiger partial charge on any atom is 0.317 e. The molecular weight excluding hydrogens is 242 g/mol. The molecule has 0 radical (unpaired) electrons. The highest BCUT2D eigenvalue weighted by molar-refractivity contribution is 5.74. The van der Waals surface area contributed by atoms with Crippen LogP contribution in [0.3, 0.4) is 0 Å². The molecule has 19 heavy (non-hydrogen) atoms. The quantitative estimate of drug-likeness (QED) is 0.806. The van der Waals surface area contributed by atoms with Gasteiger partial charge in [0.05, 0.1) is 6.10 Å². The zero-order chi connectivity index (χ0) is 14.6. The number of nitrogens with zero attached hydrogens (tertiary/aromatic N) is 2. The minimum Gasteiger partial charge on any atom is -0.391 e. The van der Waals surface area contributed by atoms with Crippen LogP contribution in [0.2, 0.25) is 0 Å². The largest absolute Gasteiger partial charge is 0.391 e. The number of rotatable bonds is 4. The van der Waals surface area contributed by atoms with Gasteiger partial charge in [-0.2, -0.15) is 0 Å². The lowest BCUT2D eigenvalue weighted by atomic mass is 9.85. The smallest absolute Gasteiger partial charge is 0.317 e. The zero-order valence-electron chi connectivity index (χ0n) is 12.9. The summed E-state index contributed by atoms with van der Waals surface area (Å²) in [6, 6.07) is 0.0274. The number of hydrogen-bond acceptors (Lipinski definition) is 3. The van der Waals surface area contributed by atoms with Gasteiger partial charge in [-0.05, 0) is 39.3 Å². The molecule has 2 atom stereocenters. The number of carbonyl (C=O) groups excluding carboxylic acids is 1. The molecule has 2 unspecified atom stereocenters. The van der Waals surface area contributed by atoms with Gasteiger partial charge < -0.3 is 20.2 Å². The Morgan fingerprint density at radius 1 is 1.53 bits per heavy atom. The Morgan fingerprint density at radius 2 is 2.16 bits per heavy atom. The maximum atomic E-state index is 12.2. The second kappa shape index (κ2) is 6.57. The van der Waals surface area contributed by atoms with Crippen LogP contribution in [0.15, 0.2) is 0 Å². The monoisotopic (exact) mass is 271 g/mol. The highest BCUT2D eigenvalue weighted by Crippen LogP contribution is 2.21. The van der Waals surface area contributed by atoms with E-state index in [0.29, 0.717) is 6.54 Å². The maximum absolute atomic E-state index is 12.2. The Kier molecular flexibility index (Phi) is 5.62. The van der Waals surface area contributed by atoms with Crippen molar-refractivity contribution >= 4 is 6.03 Å². The van der Waals surface area contributed by atoms with E-state index in [1.54, 1.807) is 4.90 Å². The van der Waals surface area contributed by atoms with Crippen molar-refractivity contribution < 1.29 is 9.90 Å². The summed E-state index contributed by atoms with van der Waals surface area (Å²) in [6.07, 6.45) is 1.31. The van der Waals surface area contributed by atoms with Gasteiger partial charge in [-0.3, -0.25) is 0 Å². The van der Waals surface area contributed by atoms with E-state index in [1.807, 2.05) is 21.0 Å². The number of hydrogen-bond donors (Lipinski definition) is 2. The van der Waals surface area contributed by atoms with Crippen LogP contribution in [0, 0.1) is 5.41 Å². The third-order valence-electron chi connectivity index (χ3n) is 3.92. The summed E-state index contributed by atoms with van der Waals surface area (Å²) in [5, 5.41) is 12.7. The Bertz CT molecular complexity index is 305. The Labute approximate surface area is 117 Å². The Hall–Kier alpha value is -0.810. The van der Waals surface area contributed by atoms with E-state index in [2.05, 4.69) is 24.1 Å². The molecule has 0 bridgehead atoms. The molecule has 0 spiro atoms. The van der Waals surface area contributed by atoms with Crippen LogP contribution in [-0.4, -0.2) is 66.8 Å². The molecule has 0 aromatic carbocycles. The number of piperidine rings is 1. The summed E-state index contributed by atoms with van der Waals surface area (Å²) in [4.78, 5) is 16.0. The number of amides is 2. The molecule has 5 heteroatoms. The van der Waals surface area contributed by atoms with Crippen LogP contribution in [0.5, 0.6) is 0 Å². The number of urea groups is 1. The fourth-order valence-corrected chi connectivity index (χ4v) is 2.56. The van der Waals surface area contributed by atoms with Crippen molar-refractivity contribution in [2.75, 3.05) is 33.7 Å². The third kappa shape index (κ3) is 4.99. The first-order chi connectivity index (χ1) is 8.72. The van der Waals surface area contributed by atoms with Gasteiger partial charge in [0.2, 0.25) is 0 Å². The SMILES string of the molecule is CC(NC(=O)N1CCCC(O)C1)C(C)(C)CN(C)C. The van der Waals surface area contributed by atoms with Crippen LogP contribution in [0.1, 0.15) is 33.6 Å². The molecule has 1 fully saturated rings. The van der Waals surface area contributed by atoms with Crippen LogP contribution in [0.25, 0.3) is 0 Å². The molecular formula is C14H29N3O2. The van der Waals surface area contributed by atoms with Crippen molar-refractivity contribution in [1.29, 1.82) is 0 Å². The van der Waals surface area contributed by atoms with Gasteiger partial charge in [0.25, 0.3) is 0 Å². The lowest BCUT2D eigenvalue weighted by molar-refractivity contribution is 0.0804. The lowest BCUT2D eigenvalue weighted by Crippen LogP contribution is -2.53. The lowest BCUT2D eigenvalue weighted by Gasteiger charge is -2.37. The van der Waals surface area contributed by atoms with Gasteiger partial charge in [-0.25, -0.2) is 4.79 Å². The molecule has 1 saturated heterocycles. The van der Waals surface area contributed by atoms with E-state index < -0.39 is 0 Å². The fourth-order valence-electron chi connectivity index (χ4n) is 2.56. The number of aliphatic hydroxyl groups excluding tert-OH is 1. The zero-order valence-corrected chi connectivity index (χ0v) is 12.9. The molecule has 0 aromatic heterocycles. The molecule has 2 N–H and O–H groups in total. The second-order valence-electron chi connectivity index (χ2n) is 6.64. The number of carbonyl (C=O) groups is 1.